The second kappa shape index (κ2) is 10.6. The van der Waals surface area contributed by atoms with Crippen molar-refractivity contribution in [3.05, 3.63) is 60.3 Å². The second-order valence-electron chi connectivity index (χ2n) is 6.19. The molecule has 1 aromatic heterocycles. The first kappa shape index (κ1) is 21.6. The summed E-state index contributed by atoms with van der Waals surface area (Å²) in [4.78, 5) is 27.5. The number of esters is 1. The summed E-state index contributed by atoms with van der Waals surface area (Å²) in [5, 5.41) is 4.84. The molecule has 0 aliphatic carbocycles. The first-order valence-electron chi connectivity index (χ1n) is 9.27. The molecule has 0 saturated heterocycles. The molecule has 3 rings (SSSR count). The summed E-state index contributed by atoms with van der Waals surface area (Å²) in [6.07, 6.45) is 3.11. The minimum Gasteiger partial charge on any atom is -0.493 e. The normalized spacial score (nSPS) is 10.6. The van der Waals surface area contributed by atoms with Crippen molar-refractivity contribution in [3.63, 3.8) is 0 Å². The van der Waals surface area contributed by atoms with E-state index in [9.17, 15) is 9.59 Å². The van der Waals surface area contributed by atoms with E-state index in [1.165, 1.54) is 20.4 Å². The number of para-hydroxylation sites is 1. The number of fused-ring (bicyclic) bond motifs is 1. The fourth-order valence-corrected chi connectivity index (χ4v) is 2.63. The number of aromatic nitrogens is 1. The molecule has 3 aromatic rings. The van der Waals surface area contributed by atoms with Gasteiger partial charge in [0.1, 0.15) is 11.3 Å². The number of methoxy groups -OCH3 is 2. The summed E-state index contributed by atoms with van der Waals surface area (Å²) in [6.45, 7) is -0.445. The third-order valence-corrected chi connectivity index (χ3v) is 4.12. The van der Waals surface area contributed by atoms with Crippen LogP contribution in [0.2, 0.25) is 0 Å². The largest absolute Gasteiger partial charge is 0.493 e. The molecule has 1 heterocycles. The van der Waals surface area contributed by atoms with Gasteiger partial charge in [0.15, 0.2) is 24.7 Å². The number of ether oxygens (including phenoxy) is 4. The number of amides is 1. The van der Waals surface area contributed by atoms with E-state index in [4.69, 9.17) is 14.2 Å². The van der Waals surface area contributed by atoms with Crippen LogP contribution in [0.4, 0.5) is 0 Å². The maximum atomic E-state index is 12.0. The van der Waals surface area contributed by atoms with Crippen LogP contribution in [0.1, 0.15) is 5.56 Å². The number of hydrogen-bond acceptors (Lipinski definition) is 8. The summed E-state index contributed by atoms with van der Waals surface area (Å²) in [5.41, 5.74) is 3.74. The number of hydrogen-bond donors (Lipinski definition) is 1. The third-order valence-electron chi connectivity index (χ3n) is 4.12. The molecule has 0 bridgehead atoms. The second-order valence-corrected chi connectivity index (χ2v) is 6.19. The fourth-order valence-electron chi connectivity index (χ4n) is 2.63. The first-order chi connectivity index (χ1) is 15.1. The Morgan fingerprint density at radius 3 is 2.61 bits per heavy atom. The Kier molecular flexibility index (Phi) is 7.36. The van der Waals surface area contributed by atoms with E-state index in [2.05, 4.69) is 20.2 Å². The van der Waals surface area contributed by atoms with Gasteiger partial charge in [-0.3, -0.25) is 9.78 Å². The standard InChI is InChI=1S/C22H21N3O6/c1-28-19-11-15(8-9-17(19)31-14-21(27)29-2)12-24-25-20(26)13-30-18-7-3-5-16-6-4-10-23-22(16)18/h3-12H,13-14H2,1-2H3,(H,25,26)/b24-12+. The molecule has 160 valence electrons. The van der Waals surface area contributed by atoms with Gasteiger partial charge in [-0.05, 0) is 35.9 Å². The van der Waals surface area contributed by atoms with Crippen molar-refractivity contribution in [1.82, 2.24) is 10.4 Å². The van der Waals surface area contributed by atoms with E-state index < -0.39 is 11.9 Å². The van der Waals surface area contributed by atoms with Gasteiger partial charge in [-0.1, -0.05) is 18.2 Å². The van der Waals surface area contributed by atoms with E-state index in [0.717, 1.165) is 5.39 Å². The molecule has 0 radical (unpaired) electrons. The summed E-state index contributed by atoms with van der Waals surface area (Å²) in [6, 6.07) is 14.2. The first-order valence-corrected chi connectivity index (χ1v) is 9.27. The highest BCUT2D eigenvalue weighted by Gasteiger charge is 2.09. The monoisotopic (exact) mass is 423 g/mol. The lowest BCUT2D eigenvalue weighted by molar-refractivity contribution is -0.142. The highest BCUT2D eigenvalue weighted by Crippen LogP contribution is 2.27. The molecule has 0 unspecified atom stereocenters. The van der Waals surface area contributed by atoms with Gasteiger partial charge in [-0.25, -0.2) is 10.2 Å². The molecule has 0 aliphatic heterocycles. The highest BCUT2D eigenvalue weighted by molar-refractivity contribution is 5.86. The Balaban J connectivity index is 1.54. The molecule has 2 aromatic carbocycles. The van der Waals surface area contributed by atoms with Gasteiger partial charge in [0, 0.05) is 11.6 Å². The van der Waals surface area contributed by atoms with E-state index in [1.807, 2.05) is 24.3 Å². The van der Waals surface area contributed by atoms with Crippen LogP contribution in [0.25, 0.3) is 10.9 Å². The number of pyridine rings is 1. The van der Waals surface area contributed by atoms with Crippen LogP contribution >= 0.6 is 0 Å². The number of benzene rings is 2. The molecule has 0 saturated carbocycles. The zero-order valence-corrected chi connectivity index (χ0v) is 17.0. The Bertz CT molecular complexity index is 1090. The SMILES string of the molecule is COC(=O)COc1ccc(/C=N/NC(=O)COc2cccc3cccnc23)cc1OC. The Hall–Kier alpha value is -4.14. The molecule has 31 heavy (non-hydrogen) atoms. The van der Waals surface area contributed by atoms with E-state index in [0.29, 0.717) is 28.3 Å². The minimum absolute atomic E-state index is 0.212. The van der Waals surface area contributed by atoms with Gasteiger partial charge in [-0.15, -0.1) is 0 Å². The molecule has 9 nitrogen and oxygen atoms in total. The predicted octanol–water partition coefficient (Wildman–Crippen LogP) is 2.32. The fraction of sp³-hybridized carbons (Fsp3) is 0.182. The summed E-state index contributed by atoms with van der Waals surface area (Å²) < 4.78 is 20.7. The minimum atomic E-state index is -0.503. The number of hydrazone groups is 1. The number of rotatable bonds is 9. The Morgan fingerprint density at radius 1 is 1.00 bits per heavy atom. The average molecular weight is 423 g/mol. The van der Waals surface area contributed by atoms with Crippen LogP contribution in [0.5, 0.6) is 17.2 Å². The molecular formula is C22H21N3O6. The van der Waals surface area contributed by atoms with Crippen LogP contribution in [0.3, 0.4) is 0 Å². The summed E-state index contributed by atoms with van der Waals surface area (Å²) >= 11 is 0. The molecule has 0 atom stereocenters. The number of nitrogens with zero attached hydrogens (tertiary/aromatic N) is 2. The van der Waals surface area contributed by atoms with Gasteiger partial charge >= 0.3 is 5.97 Å². The van der Waals surface area contributed by atoms with Crippen molar-refractivity contribution < 1.29 is 28.5 Å². The van der Waals surface area contributed by atoms with Crippen molar-refractivity contribution in [1.29, 1.82) is 0 Å². The highest BCUT2D eigenvalue weighted by atomic mass is 16.6. The summed E-state index contributed by atoms with van der Waals surface area (Å²) in [5.74, 6) is 0.382. The van der Waals surface area contributed by atoms with Gasteiger partial charge < -0.3 is 18.9 Å². The molecule has 1 N–H and O–H groups in total. The van der Waals surface area contributed by atoms with Gasteiger partial charge in [0.2, 0.25) is 0 Å². The zero-order chi connectivity index (χ0) is 22.1. The third kappa shape index (κ3) is 5.92. The predicted molar refractivity (Wildman–Crippen MR) is 113 cm³/mol. The van der Waals surface area contributed by atoms with Gasteiger partial charge in [-0.2, -0.15) is 5.10 Å². The lowest BCUT2D eigenvalue weighted by Crippen LogP contribution is -2.24. The topological polar surface area (TPSA) is 108 Å². The van der Waals surface area contributed by atoms with E-state index >= 15 is 0 Å². The van der Waals surface area contributed by atoms with Gasteiger partial charge in [0.25, 0.3) is 5.91 Å². The number of nitrogens with one attached hydrogen (secondary N) is 1. The quantitative estimate of drug-likeness (QED) is 0.320. The Labute approximate surface area is 178 Å². The summed E-state index contributed by atoms with van der Waals surface area (Å²) in [7, 11) is 2.75. The van der Waals surface area contributed by atoms with Crippen molar-refractivity contribution in [2.45, 2.75) is 0 Å². The Morgan fingerprint density at radius 2 is 1.81 bits per heavy atom. The maximum Gasteiger partial charge on any atom is 0.343 e. The van der Waals surface area contributed by atoms with Crippen LogP contribution < -0.4 is 19.6 Å². The van der Waals surface area contributed by atoms with Crippen molar-refractivity contribution in [2.75, 3.05) is 27.4 Å². The molecule has 0 spiro atoms. The molecule has 0 aliphatic rings. The van der Waals surface area contributed by atoms with E-state index in [-0.39, 0.29) is 13.2 Å². The van der Waals surface area contributed by atoms with Crippen molar-refractivity contribution in [2.24, 2.45) is 5.10 Å². The number of carbonyl (C=O) groups excluding carboxylic acids is 2. The van der Waals surface area contributed by atoms with Crippen LogP contribution in [-0.2, 0) is 14.3 Å². The number of carbonyl (C=O) groups is 2. The smallest absolute Gasteiger partial charge is 0.343 e. The van der Waals surface area contributed by atoms with Crippen LogP contribution in [0, 0.1) is 0 Å². The zero-order valence-electron chi connectivity index (χ0n) is 17.0. The molecular weight excluding hydrogens is 402 g/mol. The lowest BCUT2D eigenvalue weighted by Gasteiger charge is -2.10. The lowest BCUT2D eigenvalue weighted by atomic mass is 10.2. The van der Waals surface area contributed by atoms with Crippen molar-refractivity contribution >= 4 is 29.0 Å². The maximum absolute atomic E-state index is 12.0. The molecule has 0 fully saturated rings. The average Bonchev–Trinajstić information content (AvgIpc) is 2.81. The molecule has 1 amide bonds. The van der Waals surface area contributed by atoms with Crippen molar-refractivity contribution in [3.8, 4) is 17.2 Å². The van der Waals surface area contributed by atoms with Crippen LogP contribution in [-0.4, -0.2) is 50.5 Å². The van der Waals surface area contributed by atoms with Gasteiger partial charge in [0.05, 0.1) is 20.4 Å². The van der Waals surface area contributed by atoms with E-state index in [1.54, 1.807) is 30.5 Å². The molecule has 9 heteroatoms. The van der Waals surface area contributed by atoms with Crippen LogP contribution in [0.15, 0.2) is 59.8 Å².